The van der Waals surface area contributed by atoms with Gasteiger partial charge in [0.2, 0.25) is 0 Å². The Balaban J connectivity index is 1.88. The standard InChI is InChI=1S/C9H17N3O2/c10-11-9(13)8-1-4-12(8)7-2-5-14-6-3-7/h7-8H,1-6,10H2,(H,11,13). The van der Waals surface area contributed by atoms with Crippen molar-refractivity contribution in [3.63, 3.8) is 0 Å². The molecule has 14 heavy (non-hydrogen) atoms. The summed E-state index contributed by atoms with van der Waals surface area (Å²) in [6, 6.07) is 0.517. The number of nitrogens with zero attached hydrogens (tertiary/aromatic N) is 1. The van der Waals surface area contributed by atoms with Crippen LogP contribution in [0, 0.1) is 0 Å². The molecule has 0 aromatic rings. The third-order valence-corrected chi connectivity index (χ3v) is 3.17. The molecule has 2 saturated heterocycles. The summed E-state index contributed by atoms with van der Waals surface area (Å²) in [4.78, 5) is 13.6. The van der Waals surface area contributed by atoms with Crippen molar-refractivity contribution >= 4 is 5.91 Å². The van der Waals surface area contributed by atoms with Crippen LogP contribution in [0.25, 0.3) is 0 Å². The van der Waals surface area contributed by atoms with Crippen molar-refractivity contribution in [3.05, 3.63) is 0 Å². The Kier molecular flexibility index (Phi) is 3.00. The van der Waals surface area contributed by atoms with Crippen LogP contribution in [-0.2, 0) is 9.53 Å². The molecule has 0 spiro atoms. The molecular formula is C9H17N3O2. The Hall–Kier alpha value is -0.650. The first-order valence-corrected chi connectivity index (χ1v) is 5.17. The van der Waals surface area contributed by atoms with E-state index in [9.17, 15) is 4.79 Å². The van der Waals surface area contributed by atoms with E-state index in [1.54, 1.807) is 0 Å². The molecule has 0 bridgehead atoms. The van der Waals surface area contributed by atoms with Crippen molar-refractivity contribution in [2.45, 2.75) is 31.3 Å². The van der Waals surface area contributed by atoms with Crippen LogP contribution in [0.15, 0.2) is 0 Å². The number of likely N-dealkylation sites (tertiary alicyclic amines) is 1. The third-order valence-electron chi connectivity index (χ3n) is 3.17. The minimum Gasteiger partial charge on any atom is -0.381 e. The van der Waals surface area contributed by atoms with Gasteiger partial charge in [-0.2, -0.15) is 0 Å². The number of rotatable bonds is 2. The first-order chi connectivity index (χ1) is 6.83. The van der Waals surface area contributed by atoms with Crippen molar-refractivity contribution in [1.29, 1.82) is 0 Å². The van der Waals surface area contributed by atoms with Crippen molar-refractivity contribution in [2.24, 2.45) is 5.84 Å². The molecule has 2 aliphatic rings. The van der Waals surface area contributed by atoms with E-state index in [1.807, 2.05) is 0 Å². The van der Waals surface area contributed by atoms with Gasteiger partial charge in [0.05, 0.1) is 6.04 Å². The summed E-state index contributed by atoms with van der Waals surface area (Å²) in [6.07, 6.45) is 3.00. The van der Waals surface area contributed by atoms with Crippen molar-refractivity contribution in [3.8, 4) is 0 Å². The second-order valence-electron chi connectivity index (χ2n) is 3.89. The molecule has 2 fully saturated rings. The molecule has 1 amide bonds. The number of carbonyl (C=O) groups is 1. The summed E-state index contributed by atoms with van der Waals surface area (Å²) in [5.74, 6) is 5.07. The van der Waals surface area contributed by atoms with E-state index in [0.29, 0.717) is 6.04 Å². The van der Waals surface area contributed by atoms with Crippen molar-refractivity contribution in [2.75, 3.05) is 19.8 Å². The lowest BCUT2D eigenvalue weighted by Crippen LogP contribution is -2.61. The van der Waals surface area contributed by atoms with Crippen LogP contribution in [0.4, 0.5) is 0 Å². The van der Waals surface area contributed by atoms with Gasteiger partial charge >= 0.3 is 0 Å². The molecular weight excluding hydrogens is 182 g/mol. The van der Waals surface area contributed by atoms with E-state index in [0.717, 1.165) is 39.0 Å². The fraction of sp³-hybridized carbons (Fsp3) is 0.889. The topological polar surface area (TPSA) is 67.6 Å². The smallest absolute Gasteiger partial charge is 0.251 e. The monoisotopic (exact) mass is 199 g/mol. The van der Waals surface area contributed by atoms with Crippen molar-refractivity contribution < 1.29 is 9.53 Å². The van der Waals surface area contributed by atoms with E-state index in [2.05, 4.69) is 10.3 Å². The van der Waals surface area contributed by atoms with Crippen LogP contribution in [0.2, 0.25) is 0 Å². The molecule has 0 aliphatic carbocycles. The molecule has 1 unspecified atom stereocenters. The largest absolute Gasteiger partial charge is 0.381 e. The van der Waals surface area contributed by atoms with Gasteiger partial charge in [0.15, 0.2) is 0 Å². The van der Waals surface area contributed by atoms with Gasteiger partial charge in [0.1, 0.15) is 0 Å². The van der Waals surface area contributed by atoms with Gasteiger partial charge < -0.3 is 4.74 Å². The lowest BCUT2D eigenvalue weighted by atomic mass is 9.95. The van der Waals surface area contributed by atoms with E-state index in [4.69, 9.17) is 10.6 Å². The summed E-state index contributed by atoms with van der Waals surface area (Å²) >= 11 is 0. The number of hydrogen-bond donors (Lipinski definition) is 2. The maximum atomic E-state index is 11.3. The molecule has 5 nitrogen and oxygen atoms in total. The van der Waals surface area contributed by atoms with E-state index in [-0.39, 0.29) is 11.9 Å². The summed E-state index contributed by atoms with van der Waals surface area (Å²) in [5, 5.41) is 0. The lowest BCUT2D eigenvalue weighted by Gasteiger charge is -2.46. The Bertz CT molecular complexity index is 216. The molecule has 0 saturated carbocycles. The Morgan fingerprint density at radius 1 is 1.36 bits per heavy atom. The first-order valence-electron chi connectivity index (χ1n) is 5.17. The number of amides is 1. The minimum absolute atomic E-state index is 0.00287. The van der Waals surface area contributed by atoms with Crippen LogP contribution < -0.4 is 11.3 Å². The zero-order valence-corrected chi connectivity index (χ0v) is 8.24. The molecule has 0 aromatic heterocycles. The number of nitrogens with two attached hydrogens (primary N) is 1. The number of ether oxygens (including phenoxy) is 1. The molecule has 3 N–H and O–H groups in total. The summed E-state index contributed by atoms with van der Waals surface area (Å²) in [6.45, 7) is 2.65. The molecule has 1 atom stereocenters. The highest BCUT2D eigenvalue weighted by Crippen LogP contribution is 2.25. The quantitative estimate of drug-likeness (QED) is 0.348. The van der Waals surface area contributed by atoms with Gasteiger partial charge in [0, 0.05) is 25.8 Å². The Morgan fingerprint density at radius 2 is 2.07 bits per heavy atom. The van der Waals surface area contributed by atoms with Crippen LogP contribution in [0.3, 0.4) is 0 Å². The second kappa shape index (κ2) is 4.25. The fourth-order valence-electron chi connectivity index (χ4n) is 2.24. The Labute approximate surface area is 83.5 Å². The van der Waals surface area contributed by atoms with Crippen LogP contribution in [0.1, 0.15) is 19.3 Å². The van der Waals surface area contributed by atoms with Crippen LogP contribution >= 0.6 is 0 Å². The van der Waals surface area contributed by atoms with E-state index < -0.39 is 0 Å². The summed E-state index contributed by atoms with van der Waals surface area (Å²) < 4.78 is 5.29. The van der Waals surface area contributed by atoms with Gasteiger partial charge in [-0.15, -0.1) is 0 Å². The number of hydrazine groups is 1. The fourth-order valence-corrected chi connectivity index (χ4v) is 2.24. The lowest BCUT2D eigenvalue weighted by molar-refractivity contribution is -0.134. The molecule has 2 aliphatic heterocycles. The normalized spacial score (nSPS) is 29.6. The van der Waals surface area contributed by atoms with E-state index >= 15 is 0 Å². The molecule has 0 aromatic carbocycles. The number of carbonyl (C=O) groups excluding carboxylic acids is 1. The predicted molar refractivity (Wildman–Crippen MR) is 51.3 cm³/mol. The highest BCUT2D eigenvalue weighted by Gasteiger charge is 2.38. The summed E-state index contributed by atoms with van der Waals surface area (Å²) in [7, 11) is 0. The second-order valence-corrected chi connectivity index (χ2v) is 3.89. The van der Waals surface area contributed by atoms with Crippen LogP contribution in [0.5, 0.6) is 0 Å². The summed E-state index contributed by atoms with van der Waals surface area (Å²) in [5.41, 5.74) is 2.22. The first kappa shape index (κ1) is 9.89. The molecule has 0 radical (unpaired) electrons. The molecule has 2 heterocycles. The van der Waals surface area contributed by atoms with Crippen LogP contribution in [-0.4, -0.2) is 42.6 Å². The highest BCUT2D eigenvalue weighted by atomic mass is 16.5. The number of hydrogen-bond acceptors (Lipinski definition) is 4. The zero-order chi connectivity index (χ0) is 9.97. The Morgan fingerprint density at radius 3 is 2.57 bits per heavy atom. The number of nitrogens with one attached hydrogen (secondary N) is 1. The van der Waals surface area contributed by atoms with Gasteiger partial charge in [-0.3, -0.25) is 15.1 Å². The van der Waals surface area contributed by atoms with Gasteiger partial charge in [-0.25, -0.2) is 5.84 Å². The minimum atomic E-state index is -0.0530. The molecule has 80 valence electrons. The zero-order valence-electron chi connectivity index (χ0n) is 8.24. The van der Waals surface area contributed by atoms with Gasteiger partial charge in [-0.1, -0.05) is 0 Å². The third kappa shape index (κ3) is 1.75. The predicted octanol–water partition coefficient (Wildman–Crippen LogP) is -0.770. The molecule has 5 heteroatoms. The van der Waals surface area contributed by atoms with Gasteiger partial charge in [0.25, 0.3) is 5.91 Å². The maximum absolute atomic E-state index is 11.3. The molecule has 2 rings (SSSR count). The SMILES string of the molecule is NNC(=O)C1CCN1C1CCOCC1. The average Bonchev–Trinajstić information content (AvgIpc) is 2.17. The van der Waals surface area contributed by atoms with Crippen molar-refractivity contribution in [1.82, 2.24) is 10.3 Å². The highest BCUT2D eigenvalue weighted by molar-refractivity contribution is 5.82. The van der Waals surface area contributed by atoms with E-state index in [1.165, 1.54) is 0 Å². The maximum Gasteiger partial charge on any atom is 0.251 e. The average molecular weight is 199 g/mol. The van der Waals surface area contributed by atoms with Gasteiger partial charge in [-0.05, 0) is 19.3 Å².